The molecule has 2 aromatic rings. The Kier molecular flexibility index (Phi) is 9.79. The lowest BCUT2D eigenvalue weighted by molar-refractivity contribution is 0.0958. The molecular weight excluding hydrogens is 488 g/mol. The van der Waals surface area contributed by atoms with Crippen LogP contribution in [0.2, 0.25) is 5.02 Å². The number of aromatic nitrogens is 2. The summed E-state index contributed by atoms with van der Waals surface area (Å²) >= 11 is 6.55. The van der Waals surface area contributed by atoms with Crippen LogP contribution in [-0.4, -0.2) is 67.2 Å². The zero-order valence-corrected chi connectivity index (χ0v) is 23.9. The fourth-order valence-electron chi connectivity index (χ4n) is 5.23. The number of ether oxygens (including phenoxy) is 1. The van der Waals surface area contributed by atoms with Crippen molar-refractivity contribution in [3.63, 3.8) is 0 Å². The highest BCUT2D eigenvalue weighted by atomic mass is 35.5. The normalized spacial score (nSPS) is 18.4. The number of anilines is 1. The summed E-state index contributed by atoms with van der Waals surface area (Å²) in [6.07, 6.45) is 4.56. The number of nitrogens with two attached hydrogens (primary N) is 1. The van der Waals surface area contributed by atoms with Crippen LogP contribution in [0.25, 0.3) is 5.57 Å². The molecular formula is C28H41ClN6O2. The summed E-state index contributed by atoms with van der Waals surface area (Å²) < 4.78 is 5.28. The molecule has 1 aliphatic rings. The van der Waals surface area contributed by atoms with Crippen LogP contribution in [-0.2, 0) is 4.74 Å². The van der Waals surface area contributed by atoms with Crippen molar-refractivity contribution in [2.75, 3.05) is 39.2 Å². The second-order valence-electron chi connectivity index (χ2n) is 10.0. The molecule has 1 saturated carbocycles. The lowest BCUT2D eigenvalue weighted by atomic mass is 9.89. The lowest BCUT2D eigenvalue weighted by Gasteiger charge is -2.40. The van der Waals surface area contributed by atoms with Crippen molar-refractivity contribution in [2.45, 2.75) is 65.5 Å². The van der Waals surface area contributed by atoms with Crippen molar-refractivity contribution in [1.29, 1.82) is 0 Å². The molecule has 1 heterocycles. The fraction of sp³-hybridized carbons (Fsp3) is 0.536. The molecule has 0 bridgehead atoms. The van der Waals surface area contributed by atoms with Crippen LogP contribution in [0.1, 0.15) is 65.7 Å². The number of nitrogens with one attached hydrogen (secondary N) is 1. The monoisotopic (exact) mass is 528 g/mol. The number of nitrogens with zero attached hydrogens (tertiary/aromatic N) is 4. The van der Waals surface area contributed by atoms with Crippen LogP contribution < -0.4 is 16.0 Å². The molecule has 1 aliphatic carbocycles. The number of halogens is 1. The third kappa shape index (κ3) is 6.93. The van der Waals surface area contributed by atoms with Gasteiger partial charge in [0, 0.05) is 46.3 Å². The van der Waals surface area contributed by atoms with Gasteiger partial charge in [-0.25, -0.2) is 9.97 Å². The van der Waals surface area contributed by atoms with E-state index in [0.29, 0.717) is 34.1 Å². The van der Waals surface area contributed by atoms with E-state index < -0.39 is 0 Å². The highest BCUT2D eigenvalue weighted by Gasteiger charge is 2.28. The van der Waals surface area contributed by atoms with Crippen molar-refractivity contribution in [3.05, 3.63) is 57.4 Å². The summed E-state index contributed by atoms with van der Waals surface area (Å²) in [4.78, 5) is 27.1. The molecule has 1 fully saturated rings. The maximum absolute atomic E-state index is 13.4. The van der Waals surface area contributed by atoms with Crippen LogP contribution in [0.15, 0.2) is 24.1 Å². The summed E-state index contributed by atoms with van der Waals surface area (Å²) in [5, 5.41) is 3.52. The topological polar surface area (TPSA) is 96.6 Å². The minimum absolute atomic E-state index is 0.120. The summed E-state index contributed by atoms with van der Waals surface area (Å²) in [6, 6.07) is 6.63. The van der Waals surface area contributed by atoms with Gasteiger partial charge < -0.3 is 25.6 Å². The van der Waals surface area contributed by atoms with E-state index in [1.807, 2.05) is 32.9 Å². The van der Waals surface area contributed by atoms with E-state index in [-0.39, 0.29) is 18.3 Å². The number of carbonyl (C=O) groups is 1. The minimum atomic E-state index is -0.237. The smallest absolute Gasteiger partial charge is 0.251 e. The quantitative estimate of drug-likeness (QED) is 0.464. The summed E-state index contributed by atoms with van der Waals surface area (Å²) in [7, 11) is 5.79. The van der Waals surface area contributed by atoms with Crippen LogP contribution in [0, 0.1) is 20.8 Å². The third-order valence-corrected chi connectivity index (χ3v) is 7.49. The van der Waals surface area contributed by atoms with Gasteiger partial charge in [0.25, 0.3) is 5.91 Å². The van der Waals surface area contributed by atoms with Gasteiger partial charge in [0.1, 0.15) is 0 Å². The Balaban J connectivity index is 1.84. The molecule has 9 heteroatoms. The average Bonchev–Trinajstić information content (AvgIpc) is 2.85. The molecule has 1 aromatic carbocycles. The fourth-order valence-corrected chi connectivity index (χ4v) is 5.45. The highest BCUT2D eigenvalue weighted by Crippen LogP contribution is 2.34. The molecule has 0 aliphatic heterocycles. The van der Waals surface area contributed by atoms with Crippen molar-refractivity contribution in [1.82, 2.24) is 20.2 Å². The molecule has 202 valence electrons. The van der Waals surface area contributed by atoms with Crippen molar-refractivity contribution < 1.29 is 9.53 Å². The Morgan fingerprint density at radius 3 is 2.22 bits per heavy atom. The largest absolute Gasteiger partial charge is 0.482 e. The van der Waals surface area contributed by atoms with Crippen molar-refractivity contribution in [2.24, 2.45) is 5.73 Å². The molecule has 0 unspecified atom stereocenters. The first kappa shape index (κ1) is 28.7. The van der Waals surface area contributed by atoms with E-state index in [1.54, 1.807) is 6.07 Å². The maximum Gasteiger partial charge on any atom is 0.251 e. The molecule has 1 amide bonds. The predicted octanol–water partition coefficient (Wildman–Crippen LogP) is 4.46. The van der Waals surface area contributed by atoms with Gasteiger partial charge in [-0.2, -0.15) is 0 Å². The highest BCUT2D eigenvalue weighted by molar-refractivity contribution is 6.31. The van der Waals surface area contributed by atoms with E-state index in [0.717, 1.165) is 54.9 Å². The summed E-state index contributed by atoms with van der Waals surface area (Å²) in [5.41, 5.74) is 10.7. The van der Waals surface area contributed by atoms with E-state index in [4.69, 9.17) is 22.1 Å². The van der Waals surface area contributed by atoms with E-state index in [1.165, 1.54) is 7.11 Å². The molecule has 8 nitrogen and oxygen atoms in total. The first-order valence-corrected chi connectivity index (χ1v) is 13.3. The van der Waals surface area contributed by atoms with E-state index >= 15 is 0 Å². The SMILES string of the molecule is CCN(c1cc(Cl)cc(C(=O)NCC(=C(N)OC)c2nc(C)cc(C)n2)c1C)C1CCC(N(C)C)CC1. The van der Waals surface area contributed by atoms with Crippen LogP contribution >= 0.6 is 11.6 Å². The van der Waals surface area contributed by atoms with Crippen LogP contribution in [0.5, 0.6) is 0 Å². The molecule has 0 saturated heterocycles. The lowest BCUT2D eigenvalue weighted by Crippen LogP contribution is -2.42. The van der Waals surface area contributed by atoms with Gasteiger partial charge in [-0.05, 0) is 91.2 Å². The molecule has 3 rings (SSSR count). The van der Waals surface area contributed by atoms with Gasteiger partial charge in [0.15, 0.2) is 11.7 Å². The Labute approximate surface area is 226 Å². The Morgan fingerprint density at radius 1 is 1.08 bits per heavy atom. The maximum atomic E-state index is 13.4. The van der Waals surface area contributed by atoms with Gasteiger partial charge in [-0.1, -0.05) is 11.6 Å². The predicted molar refractivity (Wildman–Crippen MR) is 151 cm³/mol. The van der Waals surface area contributed by atoms with E-state index in [2.05, 4.69) is 46.1 Å². The Morgan fingerprint density at radius 2 is 1.68 bits per heavy atom. The van der Waals surface area contributed by atoms with Crippen LogP contribution in [0.4, 0.5) is 5.69 Å². The number of hydrogen-bond donors (Lipinski definition) is 2. The number of rotatable bonds is 9. The molecule has 37 heavy (non-hydrogen) atoms. The van der Waals surface area contributed by atoms with Gasteiger partial charge in [-0.15, -0.1) is 0 Å². The molecule has 3 N–H and O–H groups in total. The molecule has 0 radical (unpaired) electrons. The number of hydrogen-bond acceptors (Lipinski definition) is 7. The van der Waals surface area contributed by atoms with Gasteiger partial charge in [-0.3, -0.25) is 4.79 Å². The summed E-state index contributed by atoms with van der Waals surface area (Å²) in [6.45, 7) is 8.89. The van der Waals surface area contributed by atoms with Gasteiger partial charge in [0.2, 0.25) is 0 Å². The van der Waals surface area contributed by atoms with Crippen molar-refractivity contribution >= 4 is 28.8 Å². The Bertz CT molecular complexity index is 1120. The van der Waals surface area contributed by atoms with Gasteiger partial charge in [0.05, 0.1) is 19.2 Å². The zero-order chi connectivity index (χ0) is 27.3. The molecule has 0 atom stereocenters. The first-order valence-electron chi connectivity index (χ1n) is 12.9. The first-order chi connectivity index (χ1) is 17.5. The second kappa shape index (κ2) is 12.6. The number of carbonyl (C=O) groups excluding carboxylic acids is 1. The molecule has 0 spiro atoms. The van der Waals surface area contributed by atoms with Crippen LogP contribution in [0.3, 0.4) is 0 Å². The molecule has 1 aromatic heterocycles. The number of methoxy groups -OCH3 is 1. The number of amides is 1. The standard InChI is InChI=1S/C28H41ClN6O2/c1-8-35(22-11-9-21(10-12-22)34(5)6)25-15-20(29)14-23(19(25)4)28(36)31-16-24(26(30)37-7)27-32-17(2)13-18(3)33-27/h13-15,21-22H,8-12,16,30H2,1-7H3,(H,31,36). The van der Waals surface area contributed by atoms with Gasteiger partial charge >= 0.3 is 0 Å². The van der Waals surface area contributed by atoms with Crippen molar-refractivity contribution in [3.8, 4) is 0 Å². The Hall–Kier alpha value is -2.84. The minimum Gasteiger partial charge on any atom is -0.482 e. The second-order valence-corrected chi connectivity index (χ2v) is 10.4. The zero-order valence-electron chi connectivity index (χ0n) is 23.2. The number of benzene rings is 1. The number of aryl methyl sites for hydroxylation is 2. The summed E-state index contributed by atoms with van der Waals surface area (Å²) in [5.74, 6) is 0.366. The average molecular weight is 529 g/mol. The van der Waals surface area contributed by atoms with E-state index in [9.17, 15) is 4.79 Å². The third-order valence-electron chi connectivity index (χ3n) is 7.27.